The van der Waals surface area contributed by atoms with Gasteiger partial charge in [-0.05, 0) is 70.9 Å². The van der Waals surface area contributed by atoms with E-state index in [9.17, 15) is 0 Å². The Bertz CT molecular complexity index is 860. The molecule has 114 valence electrons. The second kappa shape index (κ2) is 5.35. The number of aryl methyl sites for hydroxylation is 1. The second-order valence-electron chi connectivity index (χ2n) is 6.76. The highest BCUT2D eigenvalue weighted by molar-refractivity contribution is 7.10. The number of hydrogen-bond acceptors (Lipinski definition) is 1. The fourth-order valence-corrected chi connectivity index (χ4v) is 5.50. The molecule has 0 radical (unpaired) electrons. The molecule has 0 N–H and O–H groups in total. The predicted octanol–water partition coefficient (Wildman–Crippen LogP) is 6.35. The Labute approximate surface area is 141 Å². The highest BCUT2D eigenvalue weighted by Gasteiger charge is 2.29. The third kappa shape index (κ3) is 2.10. The minimum absolute atomic E-state index is 0.524. The van der Waals surface area contributed by atoms with Crippen molar-refractivity contribution < 1.29 is 0 Å². The van der Waals surface area contributed by atoms with Gasteiger partial charge in [0.25, 0.3) is 0 Å². The van der Waals surface area contributed by atoms with E-state index in [0.29, 0.717) is 5.92 Å². The number of rotatable bonds is 1. The molecule has 1 atom stereocenters. The first-order valence-corrected chi connectivity index (χ1v) is 9.54. The molecule has 0 nitrogen and oxygen atoms in total. The molecule has 0 bridgehead atoms. The van der Waals surface area contributed by atoms with E-state index >= 15 is 0 Å². The monoisotopic (exact) mass is 316 g/mol. The fourth-order valence-electron chi connectivity index (χ4n) is 4.39. The molecule has 3 aliphatic rings. The van der Waals surface area contributed by atoms with Crippen molar-refractivity contribution in [3.05, 3.63) is 80.6 Å². The van der Waals surface area contributed by atoms with Crippen molar-refractivity contribution in [2.24, 2.45) is 0 Å². The zero-order chi connectivity index (χ0) is 15.2. The van der Waals surface area contributed by atoms with E-state index < -0.39 is 0 Å². The lowest BCUT2D eigenvalue weighted by molar-refractivity contribution is 0.778. The minimum atomic E-state index is 0.524. The van der Waals surface area contributed by atoms with Gasteiger partial charge in [-0.15, -0.1) is 11.3 Å². The molecule has 1 unspecified atom stereocenters. The van der Waals surface area contributed by atoms with Gasteiger partial charge in [-0.25, -0.2) is 0 Å². The van der Waals surface area contributed by atoms with Crippen molar-refractivity contribution in [1.82, 2.24) is 0 Å². The van der Waals surface area contributed by atoms with Crippen molar-refractivity contribution >= 4 is 23.0 Å². The molecule has 2 aromatic rings. The van der Waals surface area contributed by atoms with Crippen LogP contribution >= 0.6 is 11.3 Å². The summed E-state index contributed by atoms with van der Waals surface area (Å²) in [4.78, 5) is 1.58. The first kappa shape index (κ1) is 13.6. The largest absolute Gasteiger partial charge is 0.148 e. The molecule has 1 heterocycles. The van der Waals surface area contributed by atoms with Gasteiger partial charge in [0.1, 0.15) is 0 Å². The minimum Gasteiger partial charge on any atom is -0.148 e. The van der Waals surface area contributed by atoms with Crippen molar-refractivity contribution in [3.63, 3.8) is 0 Å². The zero-order valence-corrected chi connectivity index (χ0v) is 14.0. The van der Waals surface area contributed by atoms with Crippen LogP contribution in [-0.2, 0) is 6.42 Å². The van der Waals surface area contributed by atoms with Gasteiger partial charge in [-0.1, -0.05) is 48.6 Å². The Morgan fingerprint density at radius 2 is 1.78 bits per heavy atom. The quantitative estimate of drug-likeness (QED) is 0.575. The SMILES string of the molecule is C1=CC2=C(CC1)c1ccccc1C(c1csc3c1C=CCC3)C2. The maximum absolute atomic E-state index is 2.43. The Hall–Kier alpha value is -1.86. The zero-order valence-electron chi connectivity index (χ0n) is 13.2. The van der Waals surface area contributed by atoms with Crippen molar-refractivity contribution in [2.75, 3.05) is 0 Å². The highest BCUT2D eigenvalue weighted by atomic mass is 32.1. The molecule has 0 saturated carbocycles. The molecule has 1 heteroatoms. The molecule has 5 rings (SSSR count). The molecule has 0 aliphatic heterocycles. The summed E-state index contributed by atoms with van der Waals surface area (Å²) in [7, 11) is 0. The molecule has 0 spiro atoms. The summed E-state index contributed by atoms with van der Waals surface area (Å²) in [5, 5.41) is 2.43. The molecule has 1 aromatic heterocycles. The summed E-state index contributed by atoms with van der Waals surface area (Å²) in [5.41, 5.74) is 9.28. The van der Waals surface area contributed by atoms with Gasteiger partial charge in [0.2, 0.25) is 0 Å². The van der Waals surface area contributed by atoms with Crippen LogP contribution in [0, 0.1) is 0 Å². The third-order valence-corrected chi connectivity index (χ3v) is 6.57. The number of allylic oxidation sites excluding steroid dienone is 5. The standard InChI is InChI=1S/C22H20S/c1-2-8-16-15(7-1)13-20(18-10-4-3-9-17(16)18)21-14-23-22-12-6-5-11-19(21)22/h1,3-5,7,9-11,14,20H,2,6,8,12-13H2. The van der Waals surface area contributed by atoms with E-state index in [1.807, 2.05) is 11.3 Å². The molecule has 23 heavy (non-hydrogen) atoms. The summed E-state index contributed by atoms with van der Waals surface area (Å²) in [6, 6.07) is 9.11. The number of benzene rings is 1. The Kier molecular flexibility index (Phi) is 3.16. The third-order valence-electron chi connectivity index (χ3n) is 5.49. The van der Waals surface area contributed by atoms with Crippen LogP contribution in [0.1, 0.15) is 58.7 Å². The van der Waals surface area contributed by atoms with Crippen LogP contribution in [0.25, 0.3) is 11.6 Å². The second-order valence-corrected chi connectivity index (χ2v) is 7.72. The van der Waals surface area contributed by atoms with Gasteiger partial charge >= 0.3 is 0 Å². The molecule has 0 amide bonds. The van der Waals surface area contributed by atoms with Gasteiger partial charge < -0.3 is 0 Å². The van der Waals surface area contributed by atoms with Crippen LogP contribution in [0.15, 0.2) is 53.4 Å². The molecular weight excluding hydrogens is 296 g/mol. The molecule has 3 aliphatic carbocycles. The van der Waals surface area contributed by atoms with E-state index in [4.69, 9.17) is 0 Å². The Balaban J connectivity index is 1.68. The lowest BCUT2D eigenvalue weighted by Crippen LogP contribution is -2.13. The average molecular weight is 316 g/mol. The van der Waals surface area contributed by atoms with E-state index in [2.05, 4.69) is 53.9 Å². The summed E-state index contributed by atoms with van der Waals surface area (Å²) in [6.45, 7) is 0. The average Bonchev–Trinajstić information content (AvgIpc) is 3.05. The van der Waals surface area contributed by atoms with Gasteiger partial charge in [0.15, 0.2) is 0 Å². The van der Waals surface area contributed by atoms with Gasteiger partial charge in [0.05, 0.1) is 0 Å². The Morgan fingerprint density at radius 1 is 0.913 bits per heavy atom. The van der Waals surface area contributed by atoms with Gasteiger partial charge in [0, 0.05) is 10.8 Å². The van der Waals surface area contributed by atoms with E-state index in [1.165, 1.54) is 43.2 Å². The van der Waals surface area contributed by atoms with Crippen molar-refractivity contribution in [3.8, 4) is 0 Å². The van der Waals surface area contributed by atoms with Crippen LogP contribution < -0.4 is 0 Å². The molecular formula is C22H20S. The van der Waals surface area contributed by atoms with Crippen LogP contribution in [0.4, 0.5) is 0 Å². The summed E-state index contributed by atoms with van der Waals surface area (Å²) < 4.78 is 0. The topological polar surface area (TPSA) is 0 Å². The van der Waals surface area contributed by atoms with Crippen LogP contribution in [0.2, 0.25) is 0 Å². The van der Waals surface area contributed by atoms with Crippen LogP contribution in [-0.4, -0.2) is 0 Å². The van der Waals surface area contributed by atoms with E-state index in [0.717, 1.165) is 0 Å². The van der Waals surface area contributed by atoms with Gasteiger partial charge in [-0.2, -0.15) is 0 Å². The number of thiophene rings is 1. The maximum Gasteiger partial charge on any atom is 0.0150 e. The van der Waals surface area contributed by atoms with E-state index in [1.54, 1.807) is 27.2 Å². The number of hydrogen-bond donors (Lipinski definition) is 0. The molecule has 0 saturated heterocycles. The van der Waals surface area contributed by atoms with Crippen LogP contribution in [0.5, 0.6) is 0 Å². The Morgan fingerprint density at radius 3 is 2.78 bits per heavy atom. The first-order valence-electron chi connectivity index (χ1n) is 8.66. The highest BCUT2D eigenvalue weighted by Crippen LogP contribution is 2.48. The van der Waals surface area contributed by atoms with E-state index in [-0.39, 0.29) is 0 Å². The summed E-state index contributed by atoms with van der Waals surface area (Å²) in [6.07, 6.45) is 15.4. The maximum atomic E-state index is 2.43. The molecule has 1 aromatic carbocycles. The predicted molar refractivity (Wildman–Crippen MR) is 99.9 cm³/mol. The normalized spacial score (nSPS) is 21.8. The number of fused-ring (bicyclic) bond motifs is 3. The molecule has 0 fully saturated rings. The first-order chi connectivity index (χ1) is 11.4. The lowest BCUT2D eigenvalue weighted by Gasteiger charge is -2.31. The van der Waals surface area contributed by atoms with Crippen molar-refractivity contribution in [1.29, 1.82) is 0 Å². The summed E-state index contributed by atoms with van der Waals surface area (Å²) >= 11 is 1.96. The van der Waals surface area contributed by atoms with Crippen LogP contribution in [0.3, 0.4) is 0 Å². The van der Waals surface area contributed by atoms with Gasteiger partial charge in [-0.3, -0.25) is 0 Å². The lowest BCUT2D eigenvalue weighted by atomic mass is 9.73. The van der Waals surface area contributed by atoms with Crippen molar-refractivity contribution in [2.45, 2.75) is 38.0 Å². The fraction of sp³-hybridized carbons (Fsp3) is 0.273. The summed E-state index contributed by atoms with van der Waals surface area (Å²) in [5.74, 6) is 0.524. The smallest absolute Gasteiger partial charge is 0.0150 e.